The van der Waals surface area contributed by atoms with Crippen molar-refractivity contribution < 1.29 is 9.18 Å². The molecule has 5 nitrogen and oxygen atoms in total. The van der Waals surface area contributed by atoms with Gasteiger partial charge in [-0.1, -0.05) is 24.3 Å². The standard InChI is InChI=1S/C19H19FN4O/c1-24(12-14-4-2-13(10-21)3-5-14)19(25)17-11-22-23-18(17)15-6-8-16(20)9-7-15/h2-9,17-18,22-23H,11-12H2,1H3. The summed E-state index contributed by atoms with van der Waals surface area (Å²) in [5.41, 5.74) is 8.56. The Kier molecular flexibility index (Phi) is 5.08. The molecule has 1 aliphatic rings. The van der Waals surface area contributed by atoms with Gasteiger partial charge in [0.2, 0.25) is 5.91 Å². The molecule has 0 bridgehead atoms. The van der Waals surface area contributed by atoms with E-state index in [4.69, 9.17) is 5.26 Å². The smallest absolute Gasteiger partial charge is 0.229 e. The Morgan fingerprint density at radius 2 is 1.92 bits per heavy atom. The summed E-state index contributed by atoms with van der Waals surface area (Å²) in [5.74, 6) is -0.555. The second kappa shape index (κ2) is 7.43. The second-order valence-corrected chi connectivity index (χ2v) is 6.16. The zero-order chi connectivity index (χ0) is 17.8. The Labute approximate surface area is 146 Å². The molecule has 0 aromatic heterocycles. The number of nitrogens with zero attached hydrogens (tertiary/aromatic N) is 2. The van der Waals surface area contributed by atoms with Gasteiger partial charge in [0.1, 0.15) is 5.82 Å². The lowest BCUT2D eigenvalue weighted by Crippen LogP contribution is -2.36. The van der Waals surface area contributed by atoms with E-state index < -0.39 is 0 Å². The van der Waals surface area contributed by atoms with Crippen molar-refractivity contribution in [2.75, 3.05) is 13.6 Å². The summed E-state index contributed by atoms with van der Waals surface area (Å²) in [5, 5.41) is 8.84. The number of hydrogen-bond donors (Lipinski definition) is 2. The summed E-state index contributed by atoms with van der Waals surface area (Å²) < 4.78 is 13.1. The minimum atomic E-state index is -0.296. The molecule has 0 saturated carbocycles. The number of rotatable bonds is 4. The number of amides is 1. The van der Waals surface area contributed by atoms with Gasteiger partial charge in [0.25, 0.3) is 0 Å². The minimum Gasteiger partial charge on any atom is -0.341 e. The van der Waals surface area contributed by atoms with Gasteiger partial charge in [-0.05, 0) is 35.4 Å². The number of halogens is 1. The Morgan fingerprint density at radius 3 is 2.56 bits per heavy atom. The van der Waals surface area contributed by atoms with E-state index in [0.717, 1.165) is 11.1 Å². The molecule has 3 rings (SSSR count). The van der Waals surface area contributed by atoms with Gasteiger partial charge in [-0.3, -0.25) is 10.2 Å². The number of carbonyl (C=O) groups is 1. The van der Waals surface area contributed by atoms with Crippen LogP contribution in [0, 0.1) is 23.1 Å². The molecule has 2 N–H and O–H groups in total. The quantitative estimate of drug-likeness (QED) is 0.896. The van der Waals surface area contributed by atoms with Crippen LogP contribution in [-0.4, -0.2) is 24.4 Å². The Bertz CT molecular complexity index is 783. The average Bonchev–Trinajstić information content (AvgIpc) is 3.12. The van der Waals surface area contributed by atoms with Gasteiger partial charge in [-0.2, -0.15) is 5.26 Å². The van der Waals surface area contributed by atoms with E-state index >= 15 is 0 Å². The van der Waals surface area contributed by atoms with Gasteiger partial charge in [0.05, 0.1) is 23.6 Å². The number of nitriles is 1. The third-order valence-electron chi connectivity index (χ3n) is 4.41. The molecular formula is C19H19FN4O. The number of carbonyl (C=O) groups excluding carboxylic acids is 1. The third-order valence-corrected chi connectivity index (χ3v) is 4.41. The maximum Gasteiger partial charge on any atom is 0.229 e. The predicted molar refractivity (Wildman–Crippen MR) is 91.4 cm³/mol. The largest absolute Gasteiger partial charge is 0.341 e. The molecule has 1 aliphatic heterocycles. The first-order valence-electron chi connectivity index (χ1n) is 8.06. The highest BCUT2D eigenvalue weighted by atomic mass is 19.1. The van der Waals surface area contributed by atoms with E-state index in [-0.39, 0.29) is 23.7 Å². The van der Waals surface area contributed by atoms with Gasteiger partial charge in [-0.25, -0.2) is 9.82 Å². The van der Waals surface area contributed by atoms with Crippen LogP contribution in [0.3, 0.4) is 0 Å². The fraction of sp³-hybridized carbons (Fsp3) is 0.263. The van der Waals surface area contributed by atoms with Crippen LogP contribution in [0.5, 0.6) is 0 Å². The Morgan fingerprint density at radius 1 is 1.24 bits per heavy atom. The molecule has 0 spiro atoms. The summed E-state index contributed by atoms with van der Waals surface area (Å²) in [6.45, 7) is 0.982. The van der Waals surface area contributed by atoms with Crippen molar-refractivity contribution in [3.8, 4) is 6.07 Å². The molecule has 2 atom stereocenters. The summed E-state index contributed by atoms with van der Waals surface area (Å²) in [6.07, 6.45) is 0. The first-order chi connectivity index (χ1) is 12.1. The summed E-state index contributed by atoms with van der Waals surface area (Å²) in [7, 11) is 1.76. The normalized spacial score (nSPS) is 19.4. The topological polar surface area (TPSA) is 68.2 Å². The van der Waals surface area contributed by atoms with Gasteiger partial charge in [0.15, 0.2) is 0 Å². The molecule has 1 amide bonds. The molecular weight excluding hydrogens is 319 g/mol. The Balaban J connectivity index is 1.69. The van der Waals surface area contributed by atoms with E-state index in [0.29, 0.717) is 18.7 Å². The SMILES string of the molecule is CN(Cc1ccc(C#N)cc1)C(=O)C1CNNC1c1ccc(F)cc1. The van der Waals surface area contributed by atoms with Gasteiger partial charge >= 0.3 is 0 Å². The van der Waals surface area contributed by atoms with E-state index in [9.17, 15) is 9.18 Å². The summed E-state index contributed by atoms with van der Waals surface area (Å²) in [6, 6.07) is 15.3. The van der Waals surface area contributed by atoms with Gasteiger partial charge < -0.3 is 4.90 Å². The van der Waals surface area contributed by atoms with Crippen LogP contribution in [0.4, 0.5) is 4.39 Å². The van der Waals surface area contributed by atoms with Crippen molar-refractivity contribution >= 4 is 5.91 Å². The molecule has 2 aromatic rings. The van der Waals surface area contributed by atoms with Crippen molar-refractivity contribution in [1.29, 1.82) is 5.26 Å². The van der Waals surface area contributed by atoms with Gasteiger partial charge in [0, 0.05) is 20.1 Å². The Hall–Kier alpha value is -2.75. The molecule has 2 aromatic carbocycles. The average molecular weight is 338 g/mol. The van der Waals surface area contributed by atoms with Crippen molar-refractivity contribution in [3.05, 3.63) is 71.0 Å². The molecule has 1 fully saturated rings. The predicted octanol–water partition coefficient (Wildman–Crippen LogP) is 2.12. The maximum absolute atomic E-state index is 13.1. The molecule has 128 valence electrons. The van der Waals surface area contributed by atoms with Crippen molar-refractivity contribution in [1.82, 2.24) is 15.8 Å². The van der Waals surface area contributed by atoms with Crippen LogP contribution in [-0.2, 0) is 11.3 Å². The van der Waals surface area contributed by atoms with E-state index in [1.807, 2.05) is 12.1 Å². The van der Waals surface area contributed by atoms with Crippen LogP contribution in [0.25, 0.3) is 0 Å². The highest BCUT2D eigenvalue weighted by Crippen LogP contribution is 2.27. The fourth-order valence-electron chi connectivity index (χ4n) is 3.03. The van der Waals surface area contributed by atoms with Crippen LogP contribution in [0.1, 0.15) is 22.7 Å². The number of benzene rings is 2. The molecule has 0 aliphatic carbocycles. The zero-order valence-electron chi connectivity index (χ0n) is 13.9. The van der Waals surface area contributed by atoms with Crippen LogP contribution >= 0.6 is 0 Å². The highest BCUT2D eigenvalue weighted by Gasteiger charge is 2.35. The summed E-state index contributed by atoms with van der Waals surface area (Å²) in [4.78, 5) is 14.5. The van der Waals surface area contributed by atoms with E-state index in [1.54, 1.807) is 36.2 Å². The lowest BCUT2D eigenvalue weighted by atomic mass is 9.93. The van der Waals surface area contributed by atoms with Crippen LogP contribution in [0.2, 0.25) is 0 Å². The van der Waals surface area contributed by atoms with Crippen molar-refractivity contribution in [3.63, 3.8) is 0 Å². The lowest BCUT2D eigenvalue weighted by Gasteiger charge is -2.24. The monoisotopic (exact) mass is 338 g/mol. The first kappa shape index (κ1) is 17.1. The fourth-order valence-corrected chi connectivity index (χ4v) is 3.03. The van der Waals surface area contributed by atoms with Gasteiger partial charge in [-0.15, -0.1) is 0 Å². The molecule has 1 saturated heterocycles. The molecule has 6 heteroatoms. The number of nitrogens with one attached hydrogen (secondary N) is 2. The van der Waals surface area contributed by atoms with E-state index in [2.05, 4.69) is 16.9 Å². The maximum atomic E-state index is 13.1. The highest BCUT2D eigenvalue weighted by molar-refractivity contribution is 5.80. The van der Waals surface area contributed by atoms with E-state index in [1.165, 1.54) is 12.1 Å². The molecule has 2 unspecified atom stereocenters. The van der Waals surface area contributed by atoms with Crippen LogP contribution < -0.4 is 10.9 Å². The summed E-state index contributed by atoms with van der Waals surface area (Å²) >= 11 is 0. The third kappa shape index (κ3) is 3.85. The molecule has 25 heavy (non-hydrogen) atoms. The second-order valence-electron chi connectivity index (χ2n) is 6.16. The number of hydrogen-bond acceptors (Lipinski definition) is 4. The zero-order valence-corrected chi connectivity index (χ0v) is 13.9. The van der Waals surface area contributed by atoms with Crippen LogP contribution in [0.15, 0.2) is 48.5 Å². The molecule has 1 heterocycles. The first-order valence-corrected chi connectivity index (χ1v) is 8.06. The molecule has 0 radical (unpaired) electrons. The minimum absolute atomic E-state index is 0.0104. The number of hydrazine groups is 1. The van der Waals surface area contributed by atoms with Crippen molar-refractivity contribution in [2.24, 2.45) is 5.92 Å². The lowest BCUT2D eigenvalue weighted by molar-refractivity contribution is -0.134. The van der Waals surface area contributed by atoms with Crippen molar-refractivity contribution in [2.45, 2.75) is 12.6 Å².